The van der Waals surface area contributed by atoms with Crippen LogP contribution in [0.3, 0.4) is 0 Å². The van der Waals surface area contributed by atoms with Gasteiger partial charge in [0.25, 0.3) is 10.2 Å². The molecule has 0 aromatic heterocycles. The molecule has 2 rings (SSSR count). The van der Waals surface area contributed by atoms with E-state index in [0.29, 0.717) is 44.4 Å². The van der Waals surface area contributed by atoms with Gasteiger partial charge in [-0.05, 0) is 12.8 Å². The first-order chi connectivity index (χ1) is 8.51. The first kappa shape index (κ1) is 14.1. The van der Waals surface area contributed by atoms with Crippen molar-refractivity contribution in [3.05, 3.63) is 0 Å². The zero-order valence-electron chi connectivity index (χ0n) is 10.2. The predicted octanol–water partition coefficient (Wildman–Crippen LogP) is -0.438. The highest BCUT2D eigenvalue weighted by Gasteiger charge is 2.34. The molecule has 0 bridgehead atoms. The second-order valence-electron chi connectivity index (χ2n) is 4.62. The number of thiocarbonyl (C=S) groups is 1. The van der Waals surface area contributed by atoms with Crippen molar-refractivity contribution in [1.82, 2.24) is 8.61 Å². The molecule has 2 saturated heterocycles. The smallest absolute Gasteiger partial charge is 0.282 e. The Hall–Kier alpha value is -0.280. The van der Waals surface area contributed by atoms with E-state index in [0.717, 1.165) is 12.8 Å². The van der Waals surface area contributed by atoms with E-state index in [9.17, 15) is 8.42 Å². The van der Waals surface area contributed by atoms with Crippen molar-refractivity contribution in [1.29, 1.82) is 0 Å². The van der Waals surface area contributed by atoms with E-state index in [4.69, 9.17) is 22.7 Å². The summed E-state index contributed by atoms with van der Waals surface area (Å²) in [4.78, 5) is 0.414. The van der Waals surface area contributed by atoms with Crippen molar-refractivity contribution in [3.63, 3.8) is 0 Å². The Kier molecular flexibility index (Phi) is 4.54. The van der Waals surface area contributed by atoms with Gasteiger partial charge in [-0.15, -0.1) is 0 Å². The molecule has 0 amide bonds. The molecule has 2 aliphatic heterocycles. The van der Waals surface area contributed by atoms with Gasteiger partial charge in [0, 0.05) is 32.1 Å². The lowest BCUT2D eigenvalue weighted by atomic mass is 10.0. The molecule has 0 saturated carbocycles. The van der Waals surface area contributed by atoms with E-state index in [1.54, 1.807) is 0 Å². The third-order valence-electron chi connectivity index (χ3n) is 3.41. The van der Waals surface area contributed by atoms with Gasteiger partial charge >= 0.3 is 0 Å². The Balaban J connectivity index is 2.06. The summed E-state index contributed by atoms with van der Waals surface area (Å²) in [6.07, 6.45) is 1.69. The molecule has 0 radical (unpaired) electrons. The summed E-state index contributed by atoms with van der Waals surface area (Å²) in [7, 11) is -3.38. The summed E-state index contributed by atoms with van der Waals surface area (Å²) >= 11 is 4.97. The van der Waals surface area contributed by atoms with Crippen LogP contribution in [0.25, 0.3) is 0 Å². The van der Waals surface area contributed by atoms with Gasteiger partial charge in [0.05, 0.1) is 18.2 Å². The van der Waals surface area contributed by atoms with Gasteiger partial charge in [0.1, 0.15) is 0 Å². The monoisotopic (exact) mass is 293 g/mol. The van der Waals surface area contributed by atoms with Crippen LogP contribution in [-0.2, 0) is 14.9 Å². The molecule has 104 valence electrons. The van der Waals surface area contributed by atoms with Gasteiger partial charge in [-0.1, -0.05) is 12.2 Å². The van der Waals surface area contributed by atoms with E-state index >= 15 is 0 Å². The highest BCUT2D eigenvalue weighted by molar-refractivity contribution is 7.86. The van der Waals surface area contributed by atoms with Gasteiger partial charge < -0.3 is 10.5 Å². The first-order valence-electron chi connectivity index (χ1n) is 6.14. The minimum absolute atomic E-state index is 0.00423. The SMILES string of the molecule is NC(=S)C1CCCN(S(=O)(=O)N2CCOCC2)C1. The molecule has 8 heteroatoms. The Bertz CT molecular complexity index is 407. The van der Waals surface area contributed by atoms with Crippen LogP contribution in [-0.4, -0.2) is 61.4 Å². The molecular formula is C10H19N3O3S2. The number of morpholine rings is 1. The molecule has 2 aliphatic rings. The van der Waals surface area contributed by atoms with Gasteiger partial charge in [-0.2, -0.15) is 17.0 Å². The maximum Gasteiger partial charge on any atom is 0.282 e. The molecule has 18 heavy (non-hydrogen) atoms. The second kappa shape index (κ2) is 5.79. The van der Waals surface area contributed by atoms with Crippen molar-refractivity contribution in [2.24, 2.45) is 11.7 Å². The summed E-state index contributed by atoms with van der Waals surface area (Å²) in [5.41, 5.74) is 5.63. The van der Waals surface area contributed by atoms with Crippen molar-refractivity contribution in [2.45, 2.75) is 12.8 Å². The number of hydrogen-bond acceptors (Lipinski definition) is 4. The molecule has 0 aromatic carbocycles. The Morgan fingerprint density at radius 3 is 2.50 bits per heavy atom. The lowest BCUT2D eigenvalue weighted by Crippen LogP contribution is -2.52. The molecule has 1 unspecified atom stereocenters. The lowest BCUT2D eigenvalue weighted by Gasteiger charge is -2.36. The average molecular weight is 293 g/mol. The first-order valence-corrected chi connectivity index (χ1v) is 7.94. The maximum absolute atomic E-state index is 12.4. The fourth-order valence-electron chi connectivity index (χ4n) is 2.32. The molecule has 2 fully saturated rings. The number of nitrogens with two attached hydrogens (primary N) is 1. The van der Waals surface area contributed by atoms with Crippen LogP contribution in [0.5, 0.6) is 0 Å². The molecule has 0 aliphatic carbocycles. The number of rotatable bonds is 3. The van der Waals surface area contributed by atoms with Crippen LogP contribution < -0.4 is 5.73 Å². The zero-order valence-corrected chi connectivity index (χ0v) is 11.9. The molecule has 2 N–H and O–H groups in total. The standard InChI is InChI=1S/C10H19N3O3S2/c11-10(17)9-2-1-3-13(8-9)18(14,15)12-4-6-16-7-5-12/h9H,1-8H2,(H2,11,17). The largest absolute Gasteiger partial charge is 0.393 e. The van der Waals surface area contributed by atoms with E-state index in [-0.39, 0.29) is 5.92 Å². The van der Waals surface area contributed by atoms with Crippen LogP contribution >= 0.6 is 12.2 Å². The van der Waals surface area contributed by atoms with E-state index < -0.39 is 10.2 Å². The summed E-state index contributed by atoms with van der Waals surface area (Å²) in [6, 6.07) is 0. The van der Waals surface area contributed by atoms with E-state index in [1.165, 1.54) is 8.61 Å². The normalized spacial score (nSPS) is 28.1. The summed E-state index contributed by atoms with van der Waals surface area (Å²) in [5.74, 6) is 0.00423. The van der Waals surface area contributed by atoms with Crippen molar-refractivity contribution >= 4 is 27.4 Å². The molecular weight excluding hydrogens is 274 g/mol. The van der Waals surface area contributed by atoms with E-state index in [2.05, 4.69) is 0 Å². The summed E-state index contributed by atoms with van der Waals surface area (Å²) < 4.78 is 33.0. The summed E-state index contributed by atoms with van der Waals surface area (Å²) in [6.45, 7) is 2.75. The Morgan fingerprint density at radius 2 is 1.89 bits per heavy atom. The van der Waals surface area contributed by atoms with Crippen LogP contribution in [0.15, 0.2) is 0 Å². The van der Waals surface area contributed by atoms with E-state index in [1.807, 2.05) is 0 Å². The van der Waals surface area contributed by atoms with Gasteiger partial charge in [0.15, 0.2) is 0 Å². The highest BCUT2D eigenvalue weighted by atomic mass is 32.2. The topological polar surface area (TPSA) is 75.9 Å². The second-order valence-corrected chi connectivity index (χ2v) is 7.02. The lowest BCUT2D eigenvalue weighted by molar-refractivity contribution is 0.0695. The molecule has 1 atom stereocenters. The zero-order chi connectivity index (χ0) is 13.2. The van der Waals surface area contributed by atoms with Crippen LogP contribution in [0.2, 0.25) is 0 Å². The fourth-order valence-corrected chi connectivity index (χ4v) is 4.18. The molecule has 0 aromatic rings. The number of piperidine rings is 1. The predicted molar refractivity (Wildman–Crippen MR) is 72.4 cm³/mol. The number of hydrogen-bond donors (Lipinski definition) is 1. The minimum atomic E-state index is -3.38. The molecule has 6 nitrogen and oxygen atoms in total. The van der Waals surface area contributed by atoms with Crippen molar-refractivity contribution in [2.75, 3.05) is 39.4 Å². The fraction of sp³-hybridized carbons (Fsp3) is 0.900. The van der Waals surface area contributed by atoms with Crippen molar-refractivity contribution in [3.8, 4) is 0 Å². The van der Waals surface area contributed by atoms with Crippen LogP contribution in [0.4, 0.5) is 0 Å². The average Bonchev–Trinajstić information content (AvgIpc) is 2.40. The van der Waals surface area contributed by atoms with Gasteiger partial charge in [-0.25, -0.2) is 0 Å². The minimum Gasteiger partial charge on any atom is -0.393 e. The third kappa shape index (κ3) is 3.00. The summed E-state index contributed by atoms with van der Waals surface area (Å²) in [5, 5.41) is 0. The Labute approximate surface area is 113 Å². The van der Waals surface area contributed by atoms with Gasteiger partial charge in [0.2, 0.25) is 0 Å². The maximum atomic E-state index is 12.4. The molecule has 0 spiro atoms. The third-order valence-corrected chi connectivity index (χ3v) is 5.74. The number of nitrogens with zero attached hydrogens (tertiary/aromatic N) is 2. The quantitative estimate of drug-likeness (QED) is 0.714. The number of ether oxygens (including phenoxy) is 1. The Morgan fingerprint density at radius 1 is 1.22 bits per heavy atom. The highest BCUT2D eigenvalue weighted by Crippen LogP contribution is 2.21. The van der Waals surface area contributed by atoms with Gasteiger partial charge in [-0.3, -0.25) is 0 Å². The molecule has 2 heterocycles. The van der Waals surface area contributed by atoms with Crippen LogP contribution in [0.1, 0.15) is 12.8 Å². The van der Waals surface area contributed by atoms with Crippen molar-refractivity contribution < 1.29 is 13.2 Å². The van der Waals surface area contributed by atoms with Crippen LogP contribution in [0, 0.1) is 5.92 Å².